The summed E-state index contributed by atoms with van der Waals surface area (Å²) >= 11 is 0. The van der Waals surface area contributed by atoms with Crippen molar-refractivity contribution in [3.05, 3.63) is 71.8 Å². The van der Waals surface area contributed by atoms with Gasteiger partial charge in [0.1, 0.15) is 5.54 Å². The van der Waals surface area contributed by atoms with Gasteiger partial charge in [-0.3, -0.25) is 10.1 Å². The number of aryl methyl sites for hydroxylation is 1. The third-order valence-corrected chi connectivity index (χ3v) is 7.15. The van der Waals surface area contributed by atoms with Gasteiger partial charge in [-0.1, -0.05) is 67.6 Å². The van der Waals surface area contributed by atoms with Gasteiger partial charge in [-0.15, -0.1) is 0 Å². The molecule has 2 aromatic rings. The Morgan fingerprint density at radius 2 is 1.65 bits per heavy atom. The molecule has 2 fully saturated rings. The summed E-state index contributed by atoms with van der Waals surface area (Å²) in [7, 11) is 0. The highest BCUT2D eigenvalue weighted by molar-refractivity contribution is 6.07. The van der Waals surface area contributed by atoms with E-state index in [1.54, 1.807) is 0 Å². The minimum Gasteiger partial charge on any atom is -0.323 e. The van der Waals surface area contributed by atoms with Crippen LogP contribution in [0.3, 0.4) is 0 Å². The monoisotopic (exact) mass is 419 g/mol. The molecule has 5 nitrogen and oxygen atoms in total. The minimum atomic E-state index is -0.781. The van der Waals surface area contributed by atoms with Crippen molar-refractivity contribution in [2.24, 2.45) is 5.92 Å². The Balaban J connectivity index is 1.34. The lowest BCUT2D eigenvalue weighted by Crippen LogP contribution is -2.56. The molecule has 2 aromatic carbocycles. The van der Waals surface area contributed by atoms with Crippen molar-refractivity contribution in [1.29, 1.82) is 0 Å². The fourth-order valence-corrected chi connectivity index (χ4v) is 5.13. The molecule has 2 N–H and O–H groups in total. The number of carbonyl (C=O) groups excluding carboxylic acids is 2. The van der Waals surface area contributed by atoms with Crippen LogP contribution in [0.15, 0.2) is 60.7 Å². The van der Waals surface area contributed by atoms with Gasteiger partial charge in [0.15, 0.2) is 0 Å². The molecule has 2 atom stereocenters. The molecule has 2 saturated heterocycles. The summed E-state index contributed by atoms with van der Waals surface area (Å²) in [4.78, 5) is 27.4. The van der Waals surface area contributed by atoms with Crippen LogP contribution in [0.4, 0.5) is 4.79 Å². The zero-order valence-electron chi connectivity index (χ0n) is 18.3. The number of nitrogens with zero attached hydrogens (tertiary/aromatic N) is 1. The minimum absolute atomic E-state index is 0.149. The first kappa shape index (κ1) is 21.6. The van der Waals surface area contributed by atoms with Gasteiger partial charge < -0.3 is 10.2 Å². The zero-order chi connectivity index (χ0) is 21.7. The number of urea groups is 1. The van der Waals surface area contributed by atoms with Crippen molar-refractivity contribution in [3.63, 3.8) is 0 Å². The maximum absolute atomic E-state index is 12.9. The van der Waals surface area contributed by atoms with Crippen LogP contribution in [0, 0.1) is 5.92 Å². The topological polar surface area (TPSA) is 61.4 Å². The molecular weight excluding hydrogens is 386 g/mol. The predicted molar refractivity (Wildman–Crippen MR) is 123 cm³/mol. The molecule has 2 heterocycles. The van der Waals surface area contributed by atoms with E-state index in [0.29, 0.717) is 12.3 Å². The Morgan fingerprint density at radius 1 is 1.00 bits per heavy atom. The van der Waals surface area contributed by atoms with Crippen molar-refractivity contribution >= 4 is 11.9 Å². The van der Waals surface area contributed by atoms with E-state index >= 15 is 0 Å². The summed E-state index contributed by atoms with van der Waals surface area (Å²) in [6.45, 7) is 5.31. The first-order valence-electron chi connectivity index (χ1n) is 11.5. The van der Waals surface area contributed by atoms with Gasteiger partial charge in [0.05, 0.1) is 0 Å². The molecule has 0 aromatic heterocycles. The van der Waals surface area contributed by atoms with Crippen LogP contribution in [-0.4, -0.2) is 42.0 Å². The molecule has 0 radical (unpaired) electrons. The molecule has 164 valence electrons. The van der Waals surface area contributed by atoms with Gasteiger partial charge in [0, 0.05) is 0 Å². The van der Waals surface area contributed by atoms with E-state index in [-0.39, 0.29) is 17.9 Å². The first-order chi connectivity index (χ1) is 15.1. The number of imide groups is 1. The fourth-order valence-electron chi connectivity index (χ4n) is 5.13. The molecule has 2 aliphatic rings. The highest BCUT2D eigenvalue weighted by Gasteiger charge is 2.51. The fraction of sp³-hybridized carbons (Fsp3) is 0.462. The third-order valence-electron chi connectivity index (χ3n) is 7.15. The van der Waals surface area contributed by atoms with E-state index in [4.69, 9.17) is 0 Å². The Hall–Kier alpha value is -2.66. The molecule has 3 amide bonds. The standard InChI is InChI=1S/C26H33N3O2/c1-20(22-10-6-3-7-11-22)13-17-29-18-14-23(15-19-29)26(24(30)27-25(31)28-26)16-12-21-8-4-2-5-9-21/h2-11,20,23H,12-19H2,1H3,(H2,27,28,30,31). The zero-order valence-corrected chi connectivity index (χ0v) is 18.3. The van der Waals surface area contributed by atoms with Crippen molar-refractivity contribution in [2.45, 2.75) is 50.5 Å². The molecule has 31 heavy (non-hydrogen) atoms. The lowest BCUT2D eigenvalue weighted by Gasteiger charge is -2.41. The van der Waals surface area contributed by atoms with Gasteiger partial charge in [-0.2, -0.15) is 0 Å². The van der Waals surface area contributed by atoms with E-state index in [9.17, 15) is 9.59 Å². The Labute approximate surface area is 185 Å². The van der Waals surface area contributed by atoms with E-state index in [1.165, 1.54) is 11.1 Å². The predicted octanol–water partition coefficient (Wildman–Crippen LogP) is 4.10. The van der Waals surface area contributed by atoms with Gasteiger partial charge >= 0.3 is 6.03 Å². The Morgan fingerprint density at radius 3 is 2.26 bits per heavy atom. The third kappa shape index (κ3) is 4.99. The van der Waals surface area contributed by atoms with E-state index < -0.39 is 5.54 Å². The summed E-state index contributed by atoms with van der Waals surface area (Å²) in [5.41, 5.74) is 1.81. The average molecular weight is 420 g/mol. The number of benzene rings is 2. The molecule has 0 spiro atoms. The number of carbonyl (C=O) groups is 2. The van der Waals surface area contributed by atoms with Crippen LogP contribution in [0.25, 0.3) is 0 Å². The molecule has 0 saturated carbocycles. The van der Waals surface area contributed by atoms with Gasteiger partial charge in [-0.05, 0) is 74.7 Å². The molecular formula is C26H33N3O2. The van der Waals surface area contributed by atoms with Crippen molar-refractivity contribution in [3.8, 4) is 0 Å². The number of hydrogen-bond acceptors (Lipinski definition) is 3. The van der Waals surface area contributed by atoms with Crippen LogP contribution in [0.2, 0.25) is 0 Å². The quantitative estimate of drug-likeness (QED) is 0.633. The highest BCUT2D eigenvalue weighted by atomic mass is 16.2. The van der Waals surface area contributed by atoms with Crippen molar-refractivity contribution < 1.29 is 9.59 Å². The van der Waals surface area contributed by atoms with Crippen LogP contribution >= 0.6 is 0 Å². The molecule has 5 heteroatoms. The smallest absolute Gasteiger partial charge is 0.322 e. The van der Waals surface area contributed by atoms with Crippen LogP contribution in [-0.2, 0) is 11.2 Å². The van der Waals surface area contributed by atoms with E-state index in [1.807, 2.05) is 18.2 Å². The van der Waals surface area contributed by atoms with Crippen molar-refractivity contribution in [2.75, 3.05) is 19.6 Å². The number of nitrogens with one attached hydrogen (secondary N) is 2. The average Bonchev–Trinajstić information content (AvgIpc) is 3.11. The largest absolute Gasteiger partial charge is 0.323 e. The van der Waals surface area contributed by atoms with E-state index in [2.05, 4.69) is 64.9 Å². The highest BCUT2D eigenvalue weighted by Crippen LogP contribution is 2.35. The summed E-state index contributed by atoms with van der Waals surface area (Å²) in [6.07, 6.45) is 4.42. The van der Waals surface area contributed by atoms with E-state index in [0.717, 1.165) is 45.3 Å². The molecule has 0 aliphatic carbocycles. The molecule has 2 aliphatic heterocycles. The van der Waals surface area contributed by atoms with Crippen LogP contribution in [0.5, 0.6) is 0 Å². The summed E-state index contributed by atoms with van der Waals surface area (Å²) in [5, 5.41) is 5.53. The maximum Gasteiger partial charge on any atom is 0.322 e. The second kappa shape index (κ2) is 9.65. The van der Waals surface area contributed by atoms with Gasteiger partial charge in [0.25, 0.3) is 5.91 Å². The van der Waals surface area contributed by atoms with Crippen LogP contribution in [0.1, 0.15) is 49.7 Å². The number of piperidine rings is 1. The Bertz CT molecular complexity index is 878. The lowest BCUT2D eigenvalue weighted by molar-refractivity contribution is -0.127. The lowest BCUT2D eigenvalue weighted by atomic mass is 9.74. The number of rotatable bonds is 8. The number of amides is 3. The molecule has 4 rings (SSSR count). The number of hydrogen-bond donors (Lipinski definition) is 2. The second-order valence-electron chi connectivity index (χ2n) is 9.08. The second-order valence-corrected chi connectivity index (χ2v) is 9.08. The maximum atomic E-state index is 12.9. The van der Waals surface area contributed by atoms with Gasteiger partial charge in [0.2, 0.25) is 0 Å². The van der Waals surface area contributed by atoms with Crippen molar-refractivity contribution in [1.82, 2.24) is 15.5 Å². The van der Waals surface area contributed by atoms with Gasteiger partial charge in [-0.25, -0.2) is 4.79 Å². The number of likely N-dealkylation sites (tertiary alicyclic amines) is 1. The SMILES string of the molecule is CC(CCN1CCC(C2(CCc3ccccc3)NC(=O)NC2=O)CC1)c1ccccc1. The normalized spacial score (nSPS) is 23.4. The summed E-state index contributed by atoms with van der Waals surface area (Å²) < 4.78 is 0. The van der Waals surface area contributed by atoms with Crippen LogP contribution < -0.4 is 10.6 Å². The first-order valence-corrected chi connectivity index (χ1v) is 11.5. The summed E-state index contributed by atoms with van der Waals surface area (Å²) in [6, 6.07) is 20.5. The molecule has 0 bridgehead atoms. The molecule has 2 unspecified atom stereocenters. The summed E-state index contributed by atoms with van der Waals surface area (Å²) in [5.74, 6) is 0.561. The Kier molecular flexibility index (Phi) is 6.71.